The van der Waals surface area contributed by atoms with E-state index in [0.29, 0.717) is 19.3 Å². The van der Waals surface area contributed by atoms with Crippen LogP contribution in [0, 0.1) is 0 Å². The molecule has 0 amide bonds. The molecule has 1 unspecified atom stereocenters. The standard InChI is InChI=1S/C13H21NO2S/c1-11(14-2)12-3-5-13(6-4-12)17-10-9-16-8-7-15/h3-6,11,14-15H,7-10H2,1-2H3. The van der Waals surface area contributed by atoms with E-state index in [9.17, 15) is 0 Å². The van der Waals surface area contributed by atoms with Gasteiger partial charge in [-0.1, -0.05) is 12.1 Å². The van der Waals surface area contributed by atoms with E-state index in [1.165, 1.54) is 10.5 Å². The Morgan fingerprint density at radius 1 is 1.29 bits per heavy atom. The third kappa shape index (κ3) is 5.55. The Labute approximate surface area is 108 Å². The van der Waals surface area contributed by atoms with E-state index >= 15 is 0 Å². The van der Waals surface area contributed by atoms with Crippen molar-refractivity contribution in [2.24, 2.45) is 0 Å². The zero-order valence-corrected chi connectivity index (χ0v) is 11.3. The second kappa shape index (κ2) is 8.53. The largest absolute Gasteiger partial charge is 0.394 e. The van der Waals surface area contributed by atoms with Crippen LogP contribution in [0.4, 0.5) is 0 Å². The second-order valence-electron chi connectivity index (χ2n) is 3.76. The van der Waals surface area contributed by atoms with Crippen molar-refractivity contribution in [3.63, 3.8) is 0 Å². The number of hydrogen-bond donors (Lipinski definition) is 2. The van der Waals surface area contributed by atoms with Crippen molar-refractivity contribution in [3.05, 3.63) is 29.8 Å². The number of nitrogens with one attached hydrogen (secondary N) is 1. The molecule has 17 heavy (non-hydrogen) atoms. The van der Waals surface area contributed by atoms with Crippen molar-refractivity contribution >= 4 is 11.8 Å². The zero-order chi connectivity index (χ0) is 12.5. The molecular weight excluding hydrogens is 234 g/mol. The summed E-state index contributed by atoms with van der Waals surface area (Å²) in [6, 6.07) is 8.97. The number of aliphatic hydroxyl groups is 1. The molecule has 0 spiro atoms. The van der Waals surface area contributed by atoms with Gasteiger partial charge in [-0.05, 0) is 31.7 Å². The zero-order valence-electron chi connectivity index (χ0n) is 10.5. The Morgan fingerprint density at radius 3 is 2.59 bits per heavy atom. The van der Waals surface area contributed by atoms with Crippen LogP contribution in [0.15, 0.2) is 29.2 Å². The molecule has 0 aliphatic carbocycles. The van der Waals surface area contributed by atoms with E-state index in [1.807, 2.05) is 7.05 Å². The first-order valence-electron chi connectivity index (χ1n) is 5.86. The van der Waals surface area contributed by atoms with Crippen LogP contribution in [0.2, 0.25) is 0 Å². The highest BCUT2D eigenvalue weighted by Crippen LogP contribution is 2.20. The summed E-state index contributed by atoms with van der Waals surface area (Å²) in [6.07, 6.45) is 0. The van der Waals surface area contributed by atoms with Crippen LogP contribution in [-0.4, -0.2) is 37.7 Å². The SMILES string of the molecule is CNC(C)c1ccc(SCCOCCO)cc1. The topological polar surface area (TPSA) is 41.5 Å². The summed E-state index contributed by atoms with van der Waals surface area (Å²) in [6.45, 7) is 3.35. The summed E-state index contributed by atoms with van der Waals surface area (Å²) in [5, 5.41) is 11.8. The lowest BCUT2D eigenvalue weighted by Crippen LogP contribution is -2.11. The maximum atomic E-state index is 8.55. The molecule has 0 heterocycles. The molecule has 1 aromatic rings. The summed E-state index contributed by atoms with van der Waals surface area (Å²) in [7, 11) is 1.96. The fourth-order valence-corrected chi connectivity index (χ4v) is 2.17. The molecule has 1 aromatic carbocycles. The highest BCUT2D eigenvalue weighted by atomic mass is 32.2. The van der Waals surface area contributed by atoms with Crippen LogP contribution in [0.5, 0.6) is 0 Å². The van der Waals surface area contributed by atoms with Crippen LogP contribution in [0.25, 0.3) is 0 Å². The van der Waals surface area contributed by atoms with E-state index in [1.54, 1.807) is 11.8 Å². The molecule has 1 atom stereocenters. The third-order valence-electron chi connectivity index (χ3n) is 2.55. The summed E-state index contributed by atoms with van der Waals surface area (Å²) < 4.78 is 5.20. The molecule has 96 valence electrons. The monoisotopic (exact) mass is 255 g/mol. The van der Waals surface area contributed by atoms with Crippen LogP contribution in [0.1, 0.15) is 18.5 Å². The van der Waals surface area contributed by atoms with Gasteiger partial charge in [-0.15, -0.1) is 11.8 Å². The summed E-state index contributed by atoms with van der Waals surface area (Å²) in [5.74, 6) is 0.918. The molecule has 0 bridgehead atoms. The van der Waals surface area contributed by atoms with E-state index in [-0.39, 0.29) is 6.61 Å². The third-order valence-corrected chi connectivity index (χ3v) is 3.52. The molecule has 0 saturated carbocycles. The quantitative estimate of drug-likeness (QED) is 0.551. The van der Waals surface area contributed by atoms with Gasteiger partial charge < -0.3 is 15.2 Å². The van der Waals surface area contributed by atoms with Gasteiger partial charge in [0.15, 0.2) is 0 Å². The average molecular weight is 255 g/mol. The highest BCUT2D eigenvalue weighted by molar-refractivity contribution is 7.99. The number of benzene rings is 1. The molecule has 2 N–H and O–H groups in total. The van der Waals surface area contributed by atoms with Gasteiger partial charge in [0.25, 0.3) is 0 Å². The number of ether oxygens (including phenoxy) is 1. The predicted molar refractivity (Wildman–Crippen MR) is 72.5 cm³/mol. The van der Waals surface area contributed by atoms with Gasteiger partial charge in [0.1, 0.15) is 0 Å². The predicted octanol–water partition coefficient (Wildman–Crippen LogP) is 2.07. The van der Waals surface area contributed by atoms with E-state index in [4.69, 9.17) is 9.84 Å². The van der Waals surface area contributed by atoms with Gasteiger partial charge in [-0.3, -0.25) is 0 Å². The summed E-state index contributed by atoms with van der Waals surface area (Å²) >= 11 is 1.77. The summed E-state index contributed by atoms with van der Waals surface area (Å²) in [5.41, 5.74) is 1.30. The Kier molecular flexibility index (Phi) is 7.28. The minimum absolute atomic E-state index is 0.0985. The number of aliphatic hydroxyl groups excluding tert-OH is 1. The lowest BCUT2D eigenvalue weighted by molar-refractivity contribution is 0.103. The maximum absolute atomic E-state index is 8.55. The minimum atomic E-state index is 0.0985. The molecule has 0 radical (unpaired) electrons. The normalized spacial score (nSPS) is 12.6. The van der Waals surface area contributed by atoms with Crippen LogP contribution in [-0.2, 0) is 4.74 Å². The first kappa shape index (κ1) is 14.5. The molecule has 4 heteroatoms. The molecule has 0 saturated heterocycles. The highest BCUT2D eigenvalue weighted by Gasteiger charge is 2.01. The molecule has 0 aliphatic rings. The van der Waals surface area contributed by atoms with Crippen LogP contribution in [0.3, 0.4) is 0 Å². The Hall–Kier alpha value is -0.550. The Balaban J connectivity index is 2.30. The smallest absolute Gasteiger partial charge is 0.0698 e. The van der Waals surface area contributed by atoms with Gasteiger partial charge in [-0.2, -0.15) is 0 Å². The van der Waals surface area contributed by atoms with E-state index in [2.05, 4.69) is 36.5 Å². The van der Waals surface area contributed by atoms with E-state index < -0.39 is 0 Å². The van der Waals surface area contributed by atoms with Crippen molar-refractivity contribution in [1.29, 1.82) is 0 Å². The average Bonchev–Trinajstić information content (AvgIpc) is 2.38. The molecule has 0 fully saturated rings. The van der Waals surface area contributed by atoms with Gasteiger partial charge >= 0.3 is 0 Å². The van der Waals surface area contributed by atoms with Crippen LogP contribution < -0.4 is 5.32 Å². The number of hydrogen-bond acceptors (Lipinski definition) is 4. The fourth-order valence-electron chi connectivity index (χ4n) is 1.40. The van der Waals surface area contributed by atoms with Gasteiger partial charge in [0.05, 0.1) is 19.8 Å². The minimum Gasteiger partial charge on any atom is -0.394 e. The first-order valence-corrected chi connectivity index (χ1v) is 6.85. The Morgan fingerprint density at radius 2 is 2.00 bits per heavy atom. The van der Waals surface area contributed by atoms with Gasteiger partial charge in [-0.25, -0.2) is 0 Å². The molecule has 0 aliphatic heterocycles. The van der Waals surface area contributed by atoms with Crippen LogP contribution >= 0.6 is 11.8 Å². The van der Waals surface area contributed by atoms with Crippen molar-refractivity contribution < 1.29 is 9.84 Å². The molecule has 3 nitrogen and oxygen atoms in total. The molecular formula is C13H21NO2S. The molecule has 1 rings (SSSR count). The van der Waals surface area contributed by atoms with Gasteiger partial charge in [0, 0.05) is 16.7 Å². The maximum Gasteiger partial charge on any atom is 0.0698 e. The van der Waals surface area contributed by atoms with Gasteiger partial charge in [0.2, 0.25) is 0 Å². The number of thioether (sulfide) groups is 1. The summed E-state index contributed by atoms with van der Waals surface area (Å²) in [4.78, 5) is 1.25. The molecule has 0 aromatic heterocycles. The lowest BCUT2D eigenvalue weighted by atomic mass is 10.1. The fraction of sp³-hybridized carbons (Fsp3) is 0.538. The second-order valence-corrected chi connectivity index (χ2v) is 4.93. The number of rotatable bonds is 8. The lowest BCUT2D eigenvalue weighted by Gasteiger charge is -2.11. The van der Waals surface area contributed by atoms with E-state index in [0.717, 1.165) is 5.75 Å². The van der Waals surface area contributed by atoms with Crippen molar-refractivity contribution in [2.75, 3.05) is 32.6 Å². The van der Waals surface area contributed by atoms with Crippen molar-refractivity contribution in [2.45, 2.75) is 17.9 Å². The van der Waals surface area contributed by atoms with Crippen molar-refractivity contribution in [1.82, 2.24) is 5.32 Å². The Bertz CT molecular complexity index is 303. The van der Waals surface area contributed by atoms with Crippen molar-refractivity contribution in [3.8, 4) is 0 Å². The first-order chi connectivity index (χ1) is 8.27.